The molecule has 3 rings (SSSR count). The van der Waals surface area contributed by atoms with Gasteiger partial charge in [0.1, 0.15) is 0 Å². The van der Waals surface area contributed by atoms with Crippen molar-refractivity contribution in [3.63, 3.8) is 0 Å². The van der Waals surface area contributed by atoms with Crippen LogP contribution in [0, 0.1) is 13.8 Å². The first kappa shape index (κ1) is 18.1. The molecule has 0 spiro atoms. The van der Waals surface area contributed by atoms with Crippen LogP contribution in [0.3, 0.4) is 0 Å². The van der Waals surface area contributed by atoms with E-state index in [0.717, 1.165) is 35.0 Å². The van der Waals surface area contributed by atoms with Gasteiger partial charge in [0.2, 0.25) is 5.91 Å². The zero-order valence-electron chi connectivity index (χ0n) is 15.2. The normalized spacial score (nSPS) is 10.9. The van der Waals surface area contributed by atoms with E-state index in [4.69, 9.17) is 0 Å². The quantitative estimate of drug-likeness (QED) is 0.669. The number of amides is 1. The van der Waals surface area contributed by atoms with E-state index in [9.17, 15) is 4.79 Å². The Hall–Kier alpha value is -2.68. The third kappa shape index (κ3) is 3.62. The molecular weight excluding hydrogens is 350 g/mol. The van der Waals surface area contributed by atoms with Crippen molar-refractivity contribution in [3.05, 3.63) is 35.9 Å². The van der Waals surface area contributed by atoms with E-state index in [1.807, 2.05) is 44.5 Å². The summed E-state index contributed by atoms with van der Waals surface area (Å²) in [6.07, 6.45) is 3.45. The Balaban J connectivity index is 1.70. The fraction of sp³-hybridized carbons (Fsp3) is 0.353. The van der Waals surface area contributed by atoms with E-state index in [1.165, 1.54) is 11.8 Å². The highest BCUT2D eigenvalue weighted by Gasteiger charge is 2.16. The Morgan fingerprint density at radius 3 is 2.58 bits per heavy atom. The minimum atomic E-state index is -0.0923. The largest absolute Gasteiger partial charge is 0.322 e. The molecule has 3 aromatic rings. The predicted molar refractivity (Wildman–Crippen MR) is 101 cm³/mol. The molecule has 1 amide bonds. The van der Waals surface area contributed by atoms with Crippen LogP contribution in [-0.2, 0) is 18.4 Å². The summed E-state index contributed by atoms with van der Waals surface area (Å²) in [7, 11) is 1.86. The summed E-state index contributed by atoms with van der Waals surface area (Å²) in [5.74, 6) is 0.935. The van der Waals surface area contributed by atoms with Crippen LogP contribution >= 0.6 is 11.8 Å². The van der Waals surface area contributed by atoms with E-state index in [1.54, 1.807) is 17.1 Å². The van der Waals surface area contributed by atoms with Gasteiger partial charge >= 0.3 is 0 Å². The molecule has 0 atom stereocenters. The zero-order valence-corrected chi connectivity index (χ0v) is 16.0. The molecule has 3 heterocycles. The smallest absolute Gasteiger partial charge is 0.234 e. The van der Waals surface area contributed by atoms with Crippen LogP contribution in [0.2, 0.25) is 0 Å². The lowest BCUT2D eigenvalue weighted by atomic mass is 10.2. The molecule has 0 aromatic carbocycles. The lowest BCUT2D eigenvalue weighted by Gasteiger charge is -2.08. The minimum Gasteiger partial charge on any atom is -0.322 e. The average Bonchev–Trinajstić information content (AvgIpc) is 3.16. The lowest BCUT2D eigenvalue weighted by Crippen LogP contribution is -2.15. The first-order chi connectivity index (χ1) is 12.5. The van der Waals surface area contributed by atoms with Crippen molar-refractivity contribution in [2.45, 2.75) is 32.5 Å². The molecule has 0 aliphatic heterocycles. The standard InChI is InChI=1S/C17H21N7OS/c1-5-24-16(13-6-8-18-9-7-13)20-21-17(24)26-10-14(25)19-15-11(2)22-23(4)12(15)3/h6-9H,5,10H2,1-4H3,(H,19,25). The predicted octanol–water partition coefficient (Wildman–Crippen LogP) is 2.44. The zero-order chi connectivity index (χ0) is 18.7. The molecule has 0 aliphatic rings. The van der Waals surface area contributed by atoms with E-state index in [-0.39, 0.29) is 11.7 Å². The van der Waals surface area contributed by atoms with Gasteiger partial charge < -0.3 is 9.88 Å². The van der Waals surface area contributed by atoms with Gasteiger partial charge in [0.05, 0.1) is 22.8 Å². The van der Waals surface area contributed by atoms with Gasteiger partial charge in [-0.1, -0.05) is 11.8 Å². The molecule has 3 aromatic heterocycles. The highest BCUT2D eigenvalue weighted by Crippen LogP contribution is 2.24. The summed E-state index contributed by atoms with van der Waals surface area (Å²) in [5, 5.41) is 16.5. The maximum atomic E-state index is 12.3. The third-order valence-corrected chi connectivity index (χ3v) is 5.04. The van der Waals surface area contributed by atoms with Gasteiger partial charge in [0.25, 0.3) is 0 Å². The molecule has 1 N–H and O–H groups in total. The van der Waals surface area contributed by atoms with Crippen molar-refractivity contribution in [1.82, 2.24) is 29.5 Å². The fourth-order valence-corrected chi connectivity index (χ4v) is 3.46. The number of anilines is 1. The second-order valence-electron chi connectivity index (χ2n) is 5.79. The van der Waals surface area contributed by atoms with Gasteiger partial charge in [-0.25, -0.2) is 0 Å². The van der Waals surface area contributed by atoms with Crippen molar-refractivity contribution in [1.29, 1.82) is 0 Å². The molecule has 0 fully saturated rings. The molecule has 8 nitrogen and oxygen atoms in total. The Morgan fingerprint density at radius 1 is 1.23 bits per heavy atom. The van der Waals surface area contributed by atoms with Crippen molar-refractivity contribution < 1.29 is 4.79 Å². The van der Waals surface area contributed by atoms with Crippen LogP contribution in [0.5, 0.6) is 0 Å². The summed E-state index contributed by atoms with van der Waals surface area (Å²) in [6.45, 7) is 6.55. The molecule has 9 heteroatoms. The van der Waals surface area contributed by atoms with Crippen LogP contribution < -0.4 is 5.32 Å². The number of carbonyl (C=O) groups is 1. The van der Waals surface area contributed by atoms with Crippen LogP contribution in [0.25, 0.3) is 11.4 Å². The minimum absolute atomic E-state index is 0.0923. The number of aromatic nitrogens is 6. The molecule has 0 radical (unpaired) electrons. The van der Waals surface area contributed by atoms with Gasteiger partial charge in [-0.15, -0.1) is 10.2 Å². The lowest BCUT2D eigenvalue weighted by molar-refractivity contribution is -0.113. The topological polar surface area (TPSA) is 90.5 Å². The van der Waals surface area contributed by atoms with Gasteiger partial charge in [-0.05, 0) is 32.9 Å². The number of nitrogens with one attached hydrogen (secondary N) is 1. The van der Waals surface area contributed by atoms with Crippen LogP contribution in [0.4, 0.5) is 5.69 Å². The number of hydrogen-bond acceptors (Lipinski definition) is 6. The Bertz CT molecular complexity index is 917. The maximum Gasteiger partial charge on any atom is 0.234 e. The van der Waals surface area contributed by atoms with Crippen LogP contribution in [0.15, 0.2) is 29.7 Å². The van der Waals surface area contributed by atoms with Crippen molar-refractivity contribution in [3.8, 4) is 11.4 Å². The third-order valence-electron chi connectivity index (χ3n) is 4.08. The van der Waals surface area contributed by atoms with Crippen LogP contribution in [0.1, 0.15) is 18.3 Å². The molecule has 0 saturated carbocycles. The van der Waals surface area contributed by atoms with E-state index in [2.05, 4.69) is 25.6 Å². The summed E-state index contributed by atoms with van der Waals surface area (Å²) < 4.78 is 3.75. The van der Waals surface area contributed by atoms with Crippen molar-refractivity contribution in [2.24, 2.45) is 7.05 Å². The monoisotopic (exact) mass is 371 g/mol. The van der Waals surface area contributed by atoms with E-state index >= 15 is 0 Å². The highest BCUT2D eigenvalue weighted by molar-refractivity contribution is 7.99. The number of rotatable bonds is 6. The van der Waals surface area contributed by atoms with E-state index in [0.29, 0.717) is 5.16 Å². The van der Waals surface area contributed by atoms with Gasteiger partial charge in [-0.3, -0.25) is 14.5 Å². The number of hydrogen-bond donors (Lipinski definition) is 1. The average molecular weight is 371 g/mol. The molecular formula is C17H21N7OS. The summed E-state index contributed by atoms with van der Waals surface area (Å²) in [4.78, 5) is 16.4. The SMILES string of the molecule is CCn1c(SCC(=O)Nc2c(C)nn(C)c2C)nnc1-c1ccncc1. The number of carbonyl (C=O) groups excluding carboxylic acids is 1. The fourth-order valence-electron chi connectivity index (χ4n) is 2.66. The molecule has 136 valence electrons. The number of aryl methyl sites for hydroxylation is 2. The molecule has 0 unspecified atom stereocenters. The van der Waals surface area contributed by atoms with Crippen molar-refractivity contribution >= 4 is 23.4 Å². The maximum absolute atomic E-state index is 12.3. The first-order valence-corrected chi connectivity index (χ1v) is 9.26. The Morgan fingerprint density at radius 2 is 1.96 bits per heavy atom. The number of pyridine rings is 1. The molecule has 0 saturated heterocycles. The Kier molecular flexibility index (Phi) is 5.36. The van der Waals surface area contributed by atoms with E-state index < -0.39 is 0 Å². The number of nitrogens with zero attached hydrogens (tertiary/aromatic N) is 6. The van der Waals surface area contributed by atoms with Gasteiger partial charge in [-0.2, -0.15) is 5.10 Å². The van der Waals surface area contributed by atoms with Gasteiger partial charge in [0, 0.05) is 31.5 Å². The van der Waals surface area contributed by atoms with Crippen molar-refractivity contribution in [2.75, 3.05) is 11.1 Å². The summed E-state index contributed by atoms with van der Waals surface area (Å²) in [6, 6.07) is 3.79. The van der Waals surface area contributed by atoms with Gasteiger partial charge in [0.15, 0.2) is 11.0 Å². The number of thioether (sulfide) groups is 1. The van der Waals surface area contributed by atoms with Crippen LogP contribution in [-0.4, -0.2) is 41.2 Å². The molecule has 0 aliphatic carbocycles. The second-order valence-corrected chi connectivity index (χ2v) is 6.74. The Labute approximate surface area is 156 Å². The first-order valence-electron chi connectivity index (χ1n) is 8.27. The molecule has 26 heavy (non-hydrogen) atoms. The highest BCUT2D eigenvalue weighted by atomic mass is 32.2. The molecule has 0 bridgehead atoms. The summed E-state index contributed by atoms with van der Waals surface area (Å²) in [5.41, 5.74) is 3.46. The second kappa shape index (κ2) is 7.69. The summed E-state index contributed by atoms with van der Waals surface area (Å²) >= 11 is 1.37.